The highest BCUT2D eigenvalue weighted by atomic mass is 19.3. The Bertz CT molecular complexity index is 502. The van der Waals surface area contributed by atoms with Gasteiger partial charge in [-0.1, -0.05) is 0 Å². The van der Waals surface area contributed by atoms with Crippen LogP contribution in [0.5, 0.6) is 0 Å². The number of nitrogens with zero attached hydrogens (tertiary/aromatic N) is 1. The van der Waals surface area contributed by atoms with Crippen LogP contribution in [0.3, 0.4) is 0 Å². The van der Waals surface area contributed by atoms with E-state index in [9.17, 15) is 18.4 Å². The van der Waals surface area contributed by atoms with E-state index in [1.54, 1.807) is 0 Å². The molecule has 1 amide bonds. The molecule has 78 valence electrons. The van der Waals surface area contributed by atoms with Crippen LogP contribution in [0.1, 0.15) is 28.2 Å². The molecule has 0 saturated heterocycles. The zero-order valence-corrected chi connectivity index (χ0v) is 7.25. The highest BCUT2D eigenvalue weighted by Gasteiger charge is 2.19. The summed E-state index contributed by atoms with van der Waals surface area (Å²) in [5, 5.41) is 8.49. The molecule has 1 heterocycles. The molecule has 0 unspecified atom stereocenters. The Morgan fingerprint density at radius 1 is 1.60 bits per heavy atom. The van der Waals surface area contributed by atoms with Crippen LogP contribution in [0.2, 0.25) is 0 Å². The summed E-state index contributed by atoms with van der Waals surface area (Å²) in [5.74, 6) is -0.996. The highest BCUT2D eigenvalue weighted by Crippen LogP contribution is 2.17. The Morgan fingerprint density at radius 2 is 2.20 bits per heavy atom. The monoisotopic (exact) mass is 213 g/mol. The van der Waals surface area contributed by atoms with Crippen LogP contribution in [0.25, 0.3) is 0 Å². The van der Waals surface area contributed by atoms with E-state index in [-0.39, 0.29) is 5.69 Å². The number of carbonyl (C=O) groups is 1. The third-order valence-corrected chi connectivity index (χ3v) is 1.67. The smallest absolute Gasteiger partial charge is 0.270 e. The molecule has 0 spiro atoms. The number of rotatable bonds is 2. The Labute approximate surface area is 82.1 Å². The average Bonchev–Trinajstić information content (AvgIpc) is 2.15. The number of aromatic amines is 1. The van der Waals surface area contributed by atoms with E-state index in [4.69, 9.17) is 11.0 Å². The number of nitrogens with one attached hydrogen (secondary N) is 1. The second kappa shape index (κ2) is 3.88. The summed E-state index contributed by atoms with van der Waals surface area (Å²) in [4.78, 5) is 23.8. The minimum absolute atomic E-state index is 0.374. The molecule has 0 aliphatic rings. The van der Waals surface area contributed by atoms with E-state index in [0.717, 1.165) is 0 Å². The predicted molar refractivity (Wildman–Crippen MR) is 45.3 cm³/mol. The molecule has 0 aliphatic carbocycles. The van der Waals surface area contributed by atoms with Crippen molar-refractivity contribution in [3.8, 4) is 6.07 Å². The van der Waals surface area contributed by atoms with Crippen molar-refractivity contribution in [3.63, 3.8) is 0 Å². The van der Waals surface area contributed by atoms with Gasteiger partial charge in [0.15, 0.2) is 5.43 Å². The molecule has 0 saturated carbocycles. The number of amides is 1. The highest BCUT2D eigenvalue weighted by molar-refractivity contribution is 5.90. The Hall–Kier alpha value is -2.23. The fourth-order valence-corrected chi connectivity index (χ4v) is 1.01. The zero-order chi connectivity index (χ0) is 11.6. The largest absolute Gasteiger partial charge is 0.364 e. The van der Waals surface area contributed by atoms with Gasteiger partial charge in [0.2, 0.25) is 0 Å². The third kappa shape index (κ3) is 1.99. The molecule has 1 aromatic heterocycles. The van der Waals surface area contributed by atoms with Gasteiger partial charge in [-0.3, -0.25) is 9.59 Å². The van der Waals surface area contributed by atoms with Gasteiger partial charge in [-0.25, -0.2) is 8.78 Å². The van der Waals surface area contributed by atoms with Crippen molar-refractivity contribution in [1.29, 1.82) is 5.26 Å². The lowest BCUT2D eigenvalue weighted by molar-refractivity contribution is 0.0994. The summed E-state index contributed by atoms with van der Waals surface area (Å²) in [6, 6.07) is 2.01. The molecule has 7 heteroatoms. The molecule has 0 radical (unpaired) electrons. The molecular formula is C8H5F2N3O2. The Balaban J connectivity index is 3.53. The number of nitriles is 1. The topological polar surface area (TPSA) is 99.7 Å². The third-order valence-electron chi connectivity index (χ3n) is 1.67. The maximum Gasteiger partial charge on any atom is 0.270 e. The van der Waals surface area contributed by atoms with E-state index in [1.807, 2.05) is 0 Å². The molecule has 1 rings (SSSR count). The van der Waals surface area contributed by atoms with Crippen LogP contribution in [0.15, 0.2) is 10.9 Å². The lowest BCUT2D eigenvalue weighted by Crippen LogP contribution is -2.21. The van der Waals surface area contributed by atoms with Gasteiger partial charge in [-0.05, 0) is 0 Å². The predicted octanol–water partition coefficient (Wildman–Crippen LogP) is 0.283. The summed E-state index contributed by atoms with van der Waals surface area (Å²) in [6.45, 7) is 0. The van der Waals surface area contributed by atoms with Gasteiger partial charge >= 0.3 is 0 Å². The first kappa shape index (κ1) is 10.8. The first-order chi connectivity index (χ1) is 6.97. The van der Waals surface area contributed by atoms with Crippen LogP contribution in [0.4, 0.5) is 8.78 Å². The minimum atomic E-state index is -3.08. The lowest BCUT2D eigenvalue weighted by atomic mass is 10.1. The second-order valence-electron chi connectivity index (χ2n) is 2.61. The van der Waals surface area contributed by atoms with Crippen molar-refractivity contribution in [2.75, 3.05) is 0 Å². The standard InChI is InChI=1S/C8H5F2N3O2/c9-7(10)6-4(2-11)13-3(8(12)15)1-5(6)14/h1,7H,(H2,12,15)(H,13,14). The van der Waals surface area contributed by atoms with E-state index in [2.05, 4.69) is 4.98 Å². The van der Waals surface area contributed by atoms with Crippen molar-refractivity contribution in [1.82, 2.24) is 4.98 Å². The van der Waals surface area contributed by atoms with Crippen molar-refractivity contribution < 1.29 is 13.6 Å². The van der Waals surface area contributed by atoms with Gasteiger partial charge in [0.1, 0.15) is 17.5 Å². The molecule has 0 bridgehead atoms. The zero-order valence-electron chi connectivity index (χ0n) is 7.25. The number of hydrogen-bond acceptors (Lipinski definition) is 3. The summed E-state index contributed by atoms with van der Waals surface area (Å²) in [5.41, 5.74) is 1.76. The first-order valence-electron chi connectivity index (χ1n) is 3.72. The summed E-state index contributed by atoms with van der Waals surface area (Å²) in [6.07, 6.45) is -3.08. The van der Waals surface area contributed by atoms with Crippen LogP contribution < -0.4 is 11.2 Å². The fraction of sp³-hybridized carbons (Fsp3) is 0.125. The average molecular weight is 213 g/mol. The summed E-state index contributed by atoms with van der Waals surface area (Å²) >= 11 is 0. The number of nitrogens with two attached hydrogens (primary N) is 1. The van der Waals surface area contributed by atoms with Crippen molar-refractivity contribution >= 4 is 5.91 Å². The molecule has 0 aliphatic heterocycles. The summed E-state index contributed by atoms with van der Waals surface area (Å²) < 4.78 is 24.6. The van der Waals surface area contributed by atoms with Gasteiger partial charge < -0.3 is 10.7 Å². The van der Waals surface area contributed by atoms with Gasteiger partial charge in [0.05, 0.1) is 5.56 Å². The SMILES string of the molecule is N#Cc1[nH]c(C(N)=O)cc(=O)c1C(F)F. The summed E-state index contributed by atoms with van der Waals surface area (Å²) in [7, 11) is 0. The Morgan fingerprint density at radius 3 is 2.60 bits per heavy atom. The number of halogens is 2. The fourth-order valence-electron chi connectivity index (χ4n) is 1.01. The van der Waals surface area contributed by atoms with Crippen LogP contribution in [-0.4, -0.2) is 10.9 Å². The molecule has 15 heavy (non-hydrogen) atoms. The lowest BCUT2D eigenvalue weighted by Gasteiger charge is -2.03. The number of pyridine rings is 1. The quantitative estimate of drug-likeness (QED) is 0.737. The number of hydrogen-bond donors (Lipinski definition) is 2. The number of H-pyrrole nitrogens is 1. The Kier molecular flexibility index (Phi) is 2.80. The number of carbonyl (C=O) groups excluding carboxylic acids is 1. The molecular weight excluding hydrogens is 208 g/mol. The molecule has 0 atom stereocenters. The molecule has 1 aromatic rings. The van der Waals surface area contributed by atoms with Crippen LogP contribution >= 0.6 is 0 Å². The number of primary amides is 1. The number of alkyl halides is 2. The molecule has 5 nitrogen and oxygen atoms in total. The van der Waals surface area contributed by atoms with E-state index >= 15 is 0 Å². The van der Waals surface area contributed by atoms with Crippen LogP contribution in [0, 0.1) is 11.3 Å². The normalized spacial score (nSPS) is 10.0. The maximum absolute atomic E-state index is 12.3. The van der Waals surface area contributed by atoms with Crippen LogP contribution in [-0.2, 0) is 0 Å². The van der Waals surface area contributed by atoms with Gasteiger partial charge in [-0.15, -0.1) is 0 Å². The van der Waals surface area contributed by atoms with Gasteiger partial charge in [0.25, 0.3) is 12.3 Å². The van der Waals surface area contributed by atoms with E-state index in [0.29, 0.717) is 6.07 Å². The van der Waals surface area contributed by atoms with E-state index in [1.165, 1.54) is 6.07 Å². The van der Waals surface area contributed by atoms with Crippen molar-refractivity contribution in [3.05, 3.63) is 33.2 Å². The number of aromatic nitrogens is 1. The van der Waals surface area contributed by atoms with E-state index < -0.39 is 29.0 Å². The minimum Gasteiger partial charge on any atom is -0.364 e. The van der Waals surface area contributed by atoms with Gasteiger partial charge in [-0.2, -0.15) is 5.26 Å². The van der Waals surface area contributed by atoms with Crippen molar-refractivity contribution in [2.24, 2.45) is 5.73 Å². The molecule has 3 N–H and O–H groups in total. The first-order valence-corrected chi connectivity index (χ1v) is 3.72. The second-order valence-corrected chi connectivity index (χ2v) is 2.61. The molecule has 0 aromatic carbocycles. The van der Waals surface area contributed by atoms with Gasteiger partial charge in [0, 0.05) is 6.07 Å². The maximum atomic E-state index is 12.3. The molecule has 0 fully saturated rings. The van der Waals surface area contributed by atoms with Crippen molar-refractivity contribution in [2.45, 2.75) is 6.43 Å².